The molecule has 1 aliphatic rings. The molecule has 1 fully saturated rings. The Labute approximate surface area is 108 Å². The molecule has 0 amide bonds. The van der Waals surface area contributed by atoms with E-state index in [1.807, 2.05) is 26.2 Å². The first-order chi connectivity index (χ1) is 8.58. The predicted molar refractivity (Wildman–Crippen MR) is 71.0 cm³/mol. The summed E-state index contributed by atoms with van der Waals surface area (Å²) in [6.45, 7) is 3.98. The Morgan fingerprint density at radius 2 is 1.78 bits per heavy atom. The van der Waals surface area contributed by atoms with Gasteiger partial charge in [0, 0.05) is 24.2 Å². The molecule has 4 heteroatoms. The molecule has 0 saturated heterocycles. The lowest BCUT2D eigenvalue weighted by atomic mass is 9.76. The van der Waals surface area contributed by atoms with Crippen LogP contribution in [0.1, 0.15) is 51.0 Å². The number of hydrogen-bond acceptors (Lipinski definition) is 4. The monoisotopic (exact) mass is 247 g/mol. The lowest BCUT2D eigenvalue weighted by Gasteiger charge is -2.28. The molecule has 1 aliphatic carbocycles. The van der Waals surface area contributed by atoms with E-state index in [0.29, 0.717) is 17.6 Å². The normalized spacial score (nSPS) is 24.2. The van der Waals surface area contributed by atoms with Crippen LogP contribution in [0.4, 0.5) is 5.95 Å². The van der Waals surface area contributed by atoms with Gasteiger partial charge in [0.25, 0.3) is 0 Å². The molecule has 18 heavy (non-hydrogen) atoms. The number of aromatic nitrogens is 2. The van der Waals surface area contributed by atoms with Crippen molar-refractivity contribution in [3.63, 3.8) is 0 Å². The molecule has 0 aliphatic heterocycles. The molecule has 0 unspecified atom stereocenters. The Morgan fingerprint density at radius 1 is 1.22 bits per heavy atom. The molecular formula is C14H21N3O. The number of hydrogen-bond donors (Lipinski definition) is 1. The first kappa shape index (κ1) is 13.0. The van der Waals surface area contributed by atoms with E-state index < -0.39 is 0 Å². The number of carbonyl (C=O) groups is 1. The van der Waals surface area contributed by atoms with Crippen LogP contribution in [0.2, 0.25) is 0 Å². The molecule has 0 bridgehead atoms. The molecule has 0 aromatic carbocycles. The van der Waals surface area contributed by atoms with Crippen LogP contribution < -0.4 is 5.73 Å². The zero-order chi connectivity index (χ0) is 13.1. The summed E-state index contributed by atoms with van der Waals surface area (Å²) in [5, 5.41) is 0. The van der Waals surface area contributed by atoms with Crippen molar-refractivity contribution in [1.82, 2.24) is 9.97 Å². The van der Waals surface area contributed by atoms with Crippen LogP contribution in [0.25, 0.3) is 0 Å². The summed E-state index contributed by atoms with van der Waals surface area (Å²) >= 11 is 0. The predicted octanol–water partition coefficient (Wildman–Crippen LogP) is 2.56. The number of ketones is 1. The average molecular weight is 247 g/mol. The van der Waals surface area contributed by atoms with E-state index >= 15 is 0 Å². The van der Waals surface area contributed by atoms with Crippen molar-refractivity contribution in [2.75, 3.05) is 5.73 Å². The standard InChI is InChI=1S/C14H21N3O/c1-9(2)13(18)11-5-3-10(4-6-11)12-7-16-14(15)17-8-12/h7-11H,3-6H2,1-2H3,(H2,15,16,17). The van der Waals surface area contributed by atoms with Gasteiger partial charge in [-0.2, -0.15) is 0 Å². The van der Waals surface area contributed by atoms with Crippen molar-refractivity contribution in [2.45, 2.75) is 45.4 Å². The van der Waals surface area contributed by atoms with Gasteiger partial charge in [-0.05, 0) is 37.2 Å². The van der Waals surface area contributed by atoms with Gasteiger partial charge in [-0.1, -0.05) is 13.8 Å². The summed E-state index contributed by atoms with van der Waals surface area (Å²) < 4.78 is 0. The van der Waals surface area contributed by atoms with E-state index in [9.17, 15) is 4.79 Å². The average Bonchev–Trinajstić information content (AvgIpc) is 2.39. The minimum atomic E-state index is 0.159. The van der Waals surface area contributed by atoms with Crippen molar-refractivity contribution in [3.8, 4) is 0 Å². The third kappa shape index (κ3) is 2.86. The van der Waals surface area contributed by atoms with E-state index in [2.05, 4.69) is 9.97 Å². The lowest BCUT2D eigenvalue weighted by molar-refractivity contribution is -0.126. The van der Waals surface area contributed by atoms with Gasteiger partial charge < -0.3 is 5.73 Å². The lowest BCUT2D eigenvalue weighted by Crippen LogP contribution is -2.24. The highest BCUT2D eigenvalue weighted by Gasteiger charge is 2.28. The van der Waals surface area contributed by atoms with Gasteiger partial charge >= 0.3 is 0 Å². The van der Waals surface area contributed by atoms with Gasteiger partial charge in [-0.25, -0.2) is 9.97 Å². The number of nitrogens with zero attached hydrogens (tertiary/aromatic N) is 2. The first-order valence-corrected chi connectivity index (χ1v) is 6.69. The Balaban J connectivity index is 1.94. The number of nitrogen functional groups attached to an aromatic ring is 1. The molecular weight excluding hydrogens is 226 g/mol. The zero-order valence-electron chi connectivity index (χ0n) is 11.1. The van der Waals surface area contributed by atoms with Crippen LogP contribution in [0.15, 0.2) is 12.4 Å². The summed E-state index contributed by atoms with van der Waals surface area (Å²) in [7, 11) is 0. The highest BCUT2D eigenvalue weighted by atomic mass is 16.1. The Hall–Kier alpha value is -1.45. The quantitative estimate of drug-likeness (QED) is 0.891. The van der Waals surface area contributed by atoms with E-state index in [1.165, 1.54) is 0 Å². The molecule has 1 saturated carbocycles. The van der Waals surface area contributed by atoms with Gasteiger partial charge in [0.2, 0.25) is 5.95 Å². The second-order valence-corrected chi connectivity index (χ2v) is 5.48. The largest absolute Gasteiger partial charge is 0.368 e. The van der Waals surface area contributed by atoms with Crippen LogP contribution in [-0.4, -0.2) is 15.8 Å². The SMILES string of the molecule is CC(C)C(=O)C1CCC(c2cnc(N)nc2)CC1. The fourth-order valence-corrected chi connectivity index (χ4v) is 2.74. The molecule has 0 radical (unpaired) electrons. The smallest absolute Gasteiger partial charge is 0.219 e. The number of nitrogens with two attached hydrogens (primary N) is 1. The molecule has 2 rings (SSSR count). The maximum atomic E-state index is 11.9. The van der Waals surface area contributed by atoms with Crippen molar-refractivity contribution >= 4 is 11.7 Å². The van der Waals surface area contributed by atoms with Crippen LogP contribution >= 0.6 is 0 Å². The van der Waals surface area contributed by atoms with Crippen molar-refractivity contribution in [2.24, 2.45) is 11.8 Å². The summed E-state index contributed by atoms with van der Waals surface area (Å²) in [5.74, 6) is 1.65. The molecule has 1 aromatic heterocycles. The third-order valence-corrected chi connectivity index (χ3v) is 3.86. The first-order valence-electron chi connectivity index (χ1n) is 6.69. The topological polar surface area (TPSA) is 68.9 Å². The molecule has 98 valence electrons. The van der Waals surface area contributed by atoms with E-state index in [1.54, 1.807) is 0 Å². The maximum absolute atomic E-state index is 11.9. The third-order valence-electron chi connectivity index (χ3n) is 3.86. The molecule has 0 spiro atoms. The van der Waals surface area contributed by atoms with Gasteiger partial charge in [0.15, 0.2) is 0 Å². The van der Waals surface area contributed by atoms with Crippen molar-refractivity contribution in [1.29, 1.82) is 0 Å². The highest BCUT2D eigenvalue weighted by Crippen LogP contribution is 2.36. The van der Waals surface area contributed by atoms with E-state index in [-0.39, 0.29) is 11.8 Å². The maximum Gasteiger partial charge on any atom is 0.219 e. The highest BCUT2D eigenvalue weighted by molar-refractivity contribution is 5.82. The molecule has 1 heterocycles. The summed E-state index contributed by atoms with van der Waals surface area (Å²) in [4.78, 5) is 20.0. The van der Waals surface area contributed by atoms with Crippen LogP contribution in [-0.2, 0) is 4.79 Å². The van der Waals surface area contributed by atoms with Crippen LogP contribution in [0, 0.1) is 11.8 Å². The molecule has 0 atom stereocenters. The van der Waals surface area contributed by atoms with Crippen molar-refractivity contribution < 1.29 is 4.79 Å². The van der Waals surface area contributed by atoms with Gasteiger partial charge in [-0.3, -0.25) is 4.79 Å². The Morgan fingerprint density at radius 3 is 2.28 bits per heavy atom. The van der Waals surface area contributed by atoms with Gasteiger partial charge in [-0.15, -0.1) is 0 Å². The zero-order valence-corrected chi connectivity index (χ0v) is 11.1. The number of Topliss-reactive ketones (excluding diaryl/α,β-unsaturated/α-hetero) is 1. The number of anilines is 1. The van der Waals surface area contributed by atoms with Crippen LogP contribution in [0.3, 0.4) is 0 Å². The summed E-state index contributed by atoms with van der Waals surface area (Å²) in [5.41, 5.74) is 6.64. The summed E-state index contributed by atoms with van der Waals surface area (Å²) in [6, 6.07) is 0. The molecule has 2 N–H and O–H groups in total. The number of carbonyl (C=O) groups excluding carboxylic acids is 1. The van der Waals surface area contributed by atoms with E-state index in [0.717, 1.165) is 31.2 Å². The van der Waals surface area contributed by atoms with Gasteiger partial charge in [0.05, 0.1) is 0 Å². The molecule has 1 aromatic rings. The fourth-order valence-electron chi connectivity index (χ4n) is 2.74. The molecule has 4 nitrogen and oxygen atoms in total. The Bertz CT molecular complexity index is 406. The van der Waals surface area contributed by atoms with Gasteiger partial charge in [0.1, 0.15) is 5.78 Å². The Kier molecular flexibility index (Phi) is 3.94. The van der Waals surface area contributed by atoms with Crippen LogP contribution in [0.5, 0.6) is 0 Å². The second-order valence-electron chi connectivity index (χ2n) is 5.48. The fraction of sp³-hybridized carbons (Fsp3) is 0.643. The second kappa shape index (κ2) is 5.46. The summed E-state index contributed by atoms with van der Waals surface area (Å²) in [6.07, 6.45) is 7.72. The number of rotatable bonds is 3. The van der Waals surface area contributed by atoms with E-state index in [4.69, 9.17) is 5.73 Å². The van der Waals surface area contributed by atoms with Crippen molar-refractivity contribution in [3.05, 3.63) is 18.0 Å². The minimum absolute atomic E-state index is 0.159. The minimum Gasteiger partial charge on any atom is -0.368 e.